The molecule has 124 valence electrons. The van der Waals surface area contributed by atoms with E-state index in [0.717, 1.165) is 31.1 Å². The van der Waals surface area contributed by atoms with E-state index in [4.69, 9.17) is 10.2 Å². The Kier molecular flexibility index (Phi) is 4.41. The number of nitrogens with zero attached hydrogens (tertiary/aromatic N) is 1. The SMILES string of the molecule is NC(=O)c1coc(CNC(=O)c2ccc3c(c2)CCCCC3=O)n1. The Morgan fingerprint density at radius 1 is 1.25 bits per heavy atom. The molecule has 3 N–H and O–H groups in total. The van der Waals surface area contributed by atoms with Gasteiger partial charge in [-0.25, -0.2) is 4.98 Å². The predicted molar refractivity (Wildman–Crippen MR) is 84.5 cm³/mol. The van der Waals surface area contributed by atoms with Gasteiger partial charge in [0.05, 0.1) is 6.54 Å². The van der Waals surface area contributed by atoms with E-state index in [1.807, 2.05) is 0 Å². The molecule has 1 aromatic heterocycles. The summed E-state index contributed by atoms with van der Waals surface area (Å²) in [7, 11) is 0. The number of benzene rings is 1. The molecule has 0 bridgehead atoms. The molecule has 1 heterocycles. The number of carbonyl (C=O) groups excluding carboxylic acids is 3. The molecule has 0 atom stereocenters. The van der Waals surface area contributed by atoms with Gasteiger partial charge in [0.15, 0.2) is 11.5 Å². The molecule has 7 heteroatoms. The summed E-state index contributed by atoms with van der Waals surface area (Å²) in [4.78, 5) is 39.1. The van der Waals surface area contributed by atoms with E-state index in [9.17, 15) is 14.4 Å². The highest BCUT2D eigenvalue weighted by atomic mass is 16.3. The van der Waals surface area contributed by atoms with Crippen LogP contribution in [0, 0.1) is 0 Å². The van der Waals surface area contributed by atoms with Crippen molar-refractivity contribution < 1.29 is 18.8 Å². The van der Waals surface area contributed by atoms with Crippen LogP contribution < -0.4 is 11.1 Å². The van der Waals surface area contributed by atoms with Gasteiger partial charge in [0.2, 0.25) is 5.89 Å². The highest BCUT2D eigenvalue weighted by Gasteiger charge is 2.17. The number of primary amides is 1. The molecule has 0 fully saturated rings. The van der Waals surface area contributed by atoms with Gasteiger partial charge in [-0.15, -0.1) is 0 Å². The maximum Gasteiger partial charge on any atom is 0.270 e. The smallest absolute Gasteiger partial charge is 0.270 e. The number of Topliss-reactive ketones (excluding diaryl/α,β-unsaturated/α-hetero) is 1. The molecule has 1 aliphatic carbocycles. The molecule has 7 nitrogen and oxygen atoms in total. The van der Waals surface area contributed by atoms with Crippen LogP contribution in [-0.4, -0.2) is 22.6 Å². The van der Waals surface area contributed by atoms with E-state index in [0.29, 0.717) is 17.5 Å². The monoisotopic (exact) mass is 327 g/mol. The number of aromatic nitrogens is 1. The second-order valence-corrected chi connectivity index (χ2v) is 5.68. The van der Waals surface area contributed by atoms with E-state index in [1.165, 1.54) is 0 Å². The number of carbonyl (C=O) groups is 3. The first kappa shape index (κ1) is 15.9. The van der Waals surface area contributed by atoms with Gasteiger partial charge in [-0.1, -0.05) is 6.07 Å². The molecule has 0 unspecified atom stereocenters. The zero-order chi connectivity index (χ0) is 17.1. The third-order valence-electron chi connectivity index (χ3n) is 3.97. The van der Waals surface area contributed by atoms with Crippen LogP contribution in [0.4, 0.5) is 0 Å². The van der Waals surface area contributed by atoms with E-state index < -0.39 is 5.91 Å². The number of ketones is 1. The fourth-order valence-corrected chi connectivity index (χ4v) is 2.71. The van der Waals surface area contributed by atoms with Crippen molar-refractivity contribution in [3.63, 3.8) is 0 Å². The first-order valence-electron chi connectivity index (χ1n) is 7.73. The molecule has 1 aliphatic rings. The number of fused-ring (bicyclic) bond motifs is 1. The van der Waals surface area contributed by atoms with Crippen molar-refractivity contribution in [2.24, 2.45) is 5.73 Å². The predicted octanol–water partition coefficient (Wildman–Crippen LogP) is 1.61. The van der Waals surface area contributed by atoms with Crippen molar-refractivity contribution in [2.45, 2.75) is 32.2 Å². The van der Waals surface area contributed by atoms with Gasteiger partial charge in [-0.05, 0) is 37.0 Å². The van der Waals surface area contributed by atoms with Crippen LogP contribution in [0.15, 0.2) is 28.9 Å². The van der Waals surface area contributed by atoms with Gasteiger partial charge in [0.1, 0.15) is 6.26 Å². The lowest BCUT2D eigenvalue weighted by Gasteiger charge is -2.08. The summed E-state index contributed by atoms with van der Waals surface area (Å²) in [5.41, 5.74) is 7.21. The molecule has 0 radical (unpaired) electrons. The third kappa shape index (κ3) is 3.34. The number of aryl methyl sites for hydroxylation is 1. The average Bonchev–Trinajstić information content (AvgIpc) is 2.98. The molecule has 0 saturated heterocycles. The maximum atomic E-state index is 12.3. The molecule has 3 rings (SSSR count). The average molecular weight is 327 g/mol. The van der Waals surface area contributed by atoms with Crippen LogP contribution in [0.5, 0.6) is 0 Å². The molecule has 2 aromatic rings. The molecule has 1 aromatic carbocycles. The minimum absolute atomic E-state index is 0.0165. The Labute approximate surface area is 138 Å². The van der Waals surface area contributed by atoms with E-state index in [-0.39, 0.29) is 29.8 Å². The van der Waals surface area contributed by atoms with Crippen LogP contribution in [0.25, 0.3) is 0 Å². The first-order valence-corrected chi connectivity index (χ1v) is 7.73. The Morgan fingerprint density at radius 2 is 2.04 bits per heavy atom. The summed E-state index contributed by atoms with van der Waals surface area (Å²) < 4.78 is 5.06. The van der Waals surface area contributed by atoms with E-state index in [2.05, 4.69) is 10.3 Å². The van der Waals surface area contributed by atoms with Gasteiger partial charge >= 0.3 is 0 Å². The lowest BCUT2D eigenvalue weighted by Crippen LogP contribution is -2.23. The zero-order valence-corrected chi connectivity index (χ0v) is 13.0. The Balaban J connectivity index is 1.69. The van der Waals surface area contributed by atoms with Gasteiger partial charge in [-0.2, -0.15) is 0 Å². The zero-order valence-electron chi connectivity index (χ0n) is 13.0. The van der Waals surface area contributed by atoms with Crippen molar-refractivity contribution >= 4 is 17.6 Å². The van der Waals surface area contributed by atoms with Crippen LogP contribution in [0.1, 0.15) is 61.9 Å². The van der Waals surface area contributed by atoms with Crippen molar-refractivity contribution in [3.05, 3.63) is 52.7 Å². The molecule has 0 saturated carbocycles. The Bertz CT molecular complexity index is 810. The largest absolute Gasteiger partial charge is 0.446 e. The van der Waals surface area contributed by atoms with Crippen molar-refractivity contribution in [1.29, 1.82) is 0 Å². The molecule has 24 heavy (non-hydrogen) atoms. The number of hydrogen-bond acceptors (Lipinski definition) is 5. The summed E-state index contributed by atoms with van der Waals surface area (Å²) in [5.74, 6) is -0.657. The van der Waals surface area contributed by atoms with Crippen LogP contribution in [-0.2, 0) is 13.0 Å². The minimum atomic E-state index is -0.688. The van der Waals surface area contributed by atoms with Crippen LogP contribution >= 0.6 is 0 Å². The summed E-state index contributed by atoms with van der Waals surface area (Å²) in [6.45, 7) is 0.0438. The summed E-state index contributed by atoms with van der Waals surface area (Å²) in [6.07, 6.45) is 4.32. The minimum Gasteiger partial charge on any atom is -0.446 e. The van der Waals surface area contributed by atoms with Crippen LogP contribution in [0.3, 0.4) is 0 Å². The number of nitrogens with two attached hydrogens (primary N) is 1. The van der Waals surface area contributed by atoms with Crippen molar-refractivity contribution in [3.8, 4) is 0 Å². The lowest BCUT2D eigenvalue weighted by molar-refractivity contribution is 0.0943. The van der Waals surface area contributed by atoms with Crippen LogP contribution in [0.2, 0.25) is 0 Å². The molecule has 0 spiro atoms. The highest BCUT2D eigenvalue weighted by molar-refractivity contribution is 6.00. The van der Waals surface area contributed by atoms with Gasteiger partial charge < -0.3 is 15.5 Å². The van der Waals surface area contributed by atoms with Crippen molar-refractivity contribution in [2.75, 3.05) is 0 Å². The second kappa shape index (κ2) is 6.66. The maximum absolute atomic E-state index is 12.3. The second-order valence-electron chi connectivity index (χ2n) is 5.68. The molecular formula is C17H17N3O4. The van der Waals surface area contributed by atoms with Gasteiger partial charge in [0.25, 0.3) is 11.8 Å². The summed E-state index contributed by atoms with van der Waals surface area (Å²) >= 11 is 0. The number of nitrogens with one attached hydrogen (secondary N) is 1. The lowest BCUT2D eigenvalue weighted by atomic mass is 9.99. The quantitative estimate of drug-likeness (QED) is 0.828. The fourth-order valence-electron chi connectivity index (χ4n) is 2.71. The molecule has 0 aliphatic heterocycles. The van der Waals surface area contributed by atoms with Gasteiger partial charge in [0, 0.05) is 17.5 Å². The highest BCUT2D eigenvalue weighted by Crippen LogP contribution is 2.22. The third-order valence-corrected chi connectivity index (χ3v) is 3.97. The molecular weight excluding hydrogens is 310 g/mol. The normalized spacial score (nSPS) is 13.9. The van der Waals surface area contributed by atoms with E-state index >= 15 is 0 Å². The molecule has 2 amide bonds. The van der Waals surface area contributed by atoms with Crippen molar-refractivity contribution in [1.82, 2.24) is 10.3 Å². The standard InChI is InChI=1S/C17H17N3O4/c18-16(22)13-9-24-15(20-13)8-19-17(23)11-5-6-12-10(7-11)3-1-2-4-14(12)21/h5-7,9H,1-4,8H2,(H2,18,22)(H,19,23). The number of oxazole rings is 1. The first-order chi connectivity index (χ1) is 11.5. The fraction of sp³-hybridized carbons (Fsp3) is 0.294. The van der Waals surface area contributed by atoms with Gasteiger partial charge in [-0.3, -0.25) is 14.4 Å². The summed E-state index contributed by atoms with van der Waals surface area (Å²) in [5, 5.41) is 2.67. The number of amides is 2. The Morgan fingerprint density at radius 3 is 2.79 bits per heavy atom. The number of hydrogen-bond donors (Lipinski definition) is 2. The van der Waals surface area contributed by atoms with E-state index in [1.54, 1.807) is 18.2 Å². The topological polar surface area (TPSA) is 115 Å². The summed E-state index contributed by atoms with van der Waals surface area (Å²) in [6, 6.07) is 5.12. The number of rotatable bonds is 4. The Hall–Kier alpha value is -2.96.